The van der Waals surface area contributed by atoms with Crippen LogP contribution in [-0.4, -0.2) is 11.1 Å². The first-order chi connectivity index (χ1) is 5.37. The van der Waals surface area contributed by atoms with Crippen LogP contribution in [0.4, 0.5) is 0 Å². The van der Waals surface area contributed by atoms with E-state index >= 15 is 0 Å². The lowest BCUT2D eigenvalue weighted by molar-refractivity contribution is -0.139. The molecule has 0 unspecified atom stereocenters. The minimum absolute atomic E-state index is 0.0230. The predicted molar refractivity (Wildman–Crippen MR) is 47.8 cm³/mol. The second kappa shape index (κ2) is 2.61. The molecule has 1 fully saturated rings. The third kappa shape index (κ3) is 1.38. The largest absolute Gasteiger partial charge is 0.481 e. The summed E-state index contributed by atoms with van der Waals surface area (Å²) >= 11 is 0. The lowest BCUT2D eigenvalue weighted by atomic mass is 10.1. The summed E-state index contributed by atoms with van der Waals surface area (Å²) in [5.74, 6) is -0.520. The summed E-state index contributed by atoms with van der Waals surface area (Å²) in [6.07, 6.45) is 0.851. The summed E-state index contributed by atoms with van der Waals surface area (Å²) in [5.41, 5.74) is 1.06. The van der Waals surface area contributed by atoms with Crippen molar-refractivity contribution in [1.82, 2.24) is 0 Å². The van der Waals surface area contributed by atoms with Crippen LogP contribution in [-0.2, 0) is 4.79 Å². The number of hydrogen-bond acceptors (Lipinski definition) is 1. The maximum Gasteiger partial charge on any atom is 0.307 e. The molecule has 1 aliphatic carbocycles. The average molecular weight is 168 g/mol. The average Bonchev–Trinajstić information content (AvgIpc) is 2.32. The summed E-state index contributed by atoms with van der Waals surface area (Å²) in [4.78, 5) is 10.7. The van der Waals surface area contributed by atoms with Crippen LogP contribution in [0.25, 0.3) is 0 Å². The molecule has 0 aromatic heterocycles. The Balaban J connectivity index is 2.60. The molecule has 2 heteroatoms. The SMILES string of the molecule is C=C(C)C[C@@H]1[C@@H](C(=O)O)C1(C)C. The van der Waals surface area contributed by atoms with Crippen LogP contribution in [0.15, 0.2) is 12.2 Å². The van der Waals surface area contributed by atoms with E-state index in [1.54, 1.807) is 0 Å². The molecule has 2 atom stereocenters. The van der Waals surface area contributed by atoms with Gasteiger partial charge in [0.1, 0.15) is 0 Å². The van der Waals surface area contributed by atoms with Gasteiger partial charge in [-0.3, -0.25) is 4.79 Å². The van der Waals surface area contributed by atoms with Crippen molar-refractivity contribution in [2.24, 2.45) is 17.3 Å². The Kier molecular flexibility index (Phi) is 2.02. The molecule has 1 rings (SSSR count). The summed E-state index contributed by atoms with van der Waals surface area (Å²) in [7, 11) is 0. The maximum atomic E-state index is 10.7. The molecule has 0 heterocycles. The van der Waals surface area contributed by atoms with Crippen LogP contribution in [0.1, 0.15) is 27.2 Å². The van der Waals surface area contributed by atoms with Crippen molar-refractivity contribution in [2.45, 2.75) is 27.2 Å². The Labute approximate surface area is 73.3 Å². The standard InChI is InChI=1S/C10H16O2/c1-6(2)5-7-8(9(11)12)10(7,3)4/h7-8H,1,5H2,2-4H3,(H,11,12)/t7-,8+/m1/s1. The molecular formula is C10H16O2. The summed E-state index contributed by atoms with van der Waals surface area (Å²) in [6, 6.07) is 0. The zero-order valence-electron chi connectivity index (χ0n) is 7.92. The quantitative estimate of drug-likeness (QED) is 0.656. The normalized spacial score (nSPS) is 31.2. The highest BCUT2D eigenvalue weighted by atomic mass is 16.4. The Morgan fingerprint density at radius 2 is 2.08 bits per heavy atom. The molecule has 0 aromatic rings. The molecule has 0 saturated heterocycles. The van der Waals surface area contributed by atoms with E-state index < -0.39 is 5.97 Å². The van der Waals surface area contributed by atoms with Crippen LogP contribution < -0.4 is 0 Å². The van der Waals surface area contributed by atoms with Gasteiger partial charge in [0, 0.05) is 0 Å². The Hall–Kier alpha value is -0.790. The number of allylic oxidation sites excluding steroid dienone is 1. The highest BCUT2D eigenvalue weighted by molar-refractivity contribution is 5.75. The zero-order valence-corrected chi connectivity index (χ0v) is 7.92. The van der Waals surface area contributed by atoms with Gasteiger partial charge in [-0.2, -0.15) is 0 Å². The van der Waals surface area contributed by atoms with Gasteiger partial charge in [0.05, 0.1) is 5.92 Å². The van der Waals surface area contributed by atoms with E-state index in [1.807, 2.05) is 20.8 Å². The van der Waals surface area contributed by atoms with Crippen molar-refractivity contribution >= 4 is 5.97 Å². The molecule has 0 aliphatic heterocycles. The lowest BCUT2D eigenvalue weighted by Gasteiger charge is -2.00. The van der Waals surface area contributed by atoms with Gasteiger partial charge < -0.3 is 5.11 Å². The third-order valence-electron chi connectivity index (χ3n) is 2.88. The Morgan fingerprint density at radius 3 is 2.33 bits per heavy atom. The van der Waals surface area contributed by atoms with Crippen LogP contribution >= 0.6 is 0 Å². The number of carbonyl (C=O) groups is 1. The van der Waals surface area contributed by atoms with E-state index in [4.69, 9.17) is 5.11 Å². The Bertz CT molecular complexity index is 228. The van der Waals surface area contributed by atoms with Crippen LogP contribution in [0, 0.1) is 17.3 Å². The lowest BCUT2D eigenvalue weighted by Crippen LogP contribution is -2.03. The molecule has 2 nitrogen and oxygen atoms in total. The molecule has 0 radical (unpaired) electrons. The molecule has 0 aromatic carbocycles. The van der Waals surface area contributed by atoms with Crippen LogP contribution in [0.5, 0.6) is 0 Å². The molecule has 0 bridgehead atoms. The molecule has 1 saturated carbocycles. The molecule has 1 N–H and O–H groups in total. The molecular weight excluding hydrogens is 152 g/mol. The predicted octanol–water partition coefficient (Wildman–Crippen LogP) is 2.31. The van der Waals surface area contributed by atoms with Crippen LogP contribution in [0.2, 0.25) is 0 Å². The van der Waals surface area contributed by atoms with Crippen molar-refractivity contribution in [3.8, 4) is 0 Å². The second-order valence-corrected chi connectivity index (χ2v) is 4.40. The van der Waals surface area contributed by atoms with E-state index in [1.165, 1.54) is 0 Å². The number of carboxylic acid groups (broad SMARTS) is 1. The van der Waals surface area contributed by atoms with Gasteiger partial charge in [0.15, 0.2) is 0 Å². The van der Waals surface area contributed by atoms with Gasteiger partial charge in [0.25, 0.3) is 0 Å². The Morgan fingerprint density at radius 1 is 1.58 bits per heavy atom. The van der Waals surface area contributed by atoms with Crippen LogP contribution in [0.3, 0.4) is 0 Å². The minimum atomic E-state index is -0.661. The summed E-state index contributed by atoms with van der Waals surface area (Å²) in [5, 5.41) is 8.84. The van der Waals surface area contributed by atoms with E-state index in [0.717, 1.165) is 12.0 Å². The molecule has 68 valence electrons. The van der Waals surface area contributed by atoms with E-state index in [2.05, 4.69) is 6.58 Å². The van der Waals surface area contributed by atoms with E-state index in [0.29, 0.717) is 5.92 Å². The first-order valence-electron chi connectivity index (χ1n) is 4.24. The summed E-state index contributed by atoms with van der Waals surface area (Å²) < 4.78 is 0. The van der Waals surface area contributed by atoms with Crippen molar-refractivity contribution in [3.05, 3.63) is 12.2 Å². The summed E-state index contributed by atoms with van der Waals surface area (Å²) in [6.45, 7) is 9.78. The molecule has 12 heavy (non-hydrogen) atoms. The minimum Gasteiger partial charge on any atom is -0.481 e. The molecule has 0 spiro atoms. The second-order valence-electron chi connectivity index (χ2n) is 4.40. The van der Waals surface area contributed by atoms with Gasteiger partial charge >= 0.3 is 5.97 Å². The monoisotopic (exact) mass is 168 g/mol. The smallest absolute Gasteiger partial charge is 0.307 e. The van der Waals surface area contributed by atoms with Gasteiger partial charge in [-0.1, -0.05) is 19.4 Å². The zero-order chi connectivity index (χ0) is 9.52. The van der Waals surface area contributed by atoms with Crippen molar-refractivity contribution < 1.29 is 9.90 Å². The van der Waals surface area contributed by atoms with Crippen molar-refractivity contribution in [2.75, 3.05) is 0 Å². The maximum absolute atomic E-state index is 10.7. The van der Waals surface area contributed by atoms with Gasteiger partial charge in [-0.25, -0.2) is 0 Å². The van der Waals surface area contributed by atoms with Gasteiger partial charge in [-0.05, 0) is 24.7 Å². The van der Waals surface area contributed by atoms with Crippen molar-refractivity contribution in [1.29, 1.82) is 0 Å². The number of hydrogen-bond donors (Lipinski definition) is 1. The topological polar surface area (TPSA) is 37.3 Å². The van der Waals surface area contributed by atoms with Gasteiger partial charge in [-0.15, -0.1) is 6.58 Å². The van der Waals surface area contributed by atoms with E-state index in [9.17, 15) is 4.79 Å². The fourth-order valence-corrected chi connectivity index (χ4v) is 1.99. The fraction of sp³-hybridized carbons (Fsp3) is 0.700. The number of rotatable bonds is 3. The van der Waals surface area contributed by atoms with Crippen molar-refractivity contribution in [3.63, 3.8) is 0 Å². The molecule has 0 amide bonds. The number of aliphatic carboxylic acids is 1. The van der Waals surface area contributed by atoms with E-state index in [-0.39, 0.29) is 11.3 Å². The fourth-order valence-electron chi connectivity index (χ4n) is 1.99. The highest BCUT2D eigenvalue weighted by Gasteiger charge is 2.61. The first kappa shape index (κ1) is 9.30. The highest BCUT2D eigenvalue weighted by Crippen LogP contribution is 2.60. The van der Waals surface area contributed by atoms with Gasteiger partial charge in [0.2, 0.25) is 0 Å². The first-order valence-corrected chi connectivity index (χ1v) is 4.24. The third-order valence-corrected chi connectivity index (χ3v) is 2.88. The molecule has 1 aliphatic rings. The number of carboxylic acids is 1.